The van der Waals surface area contributed by atoms with Gasteiger partial charge in [-0.25, -0.2) is 9.78 Å². The molecule has 0 unspecified atom stereocenters. The van der Waals surface area contributed by atoms with Crippen molar-refractivity contribution in [1.82, 2.24) is 14.8 Å². The Kier molecular flexibility index (Phi) is 3.94. The highest BCUT2D eigenvalue weighted by Gasteiger charge is 2.14. The molecule has 0 saturated heterocycles. The predicted molar refractivity (Wildman–Crippen MR) is 86.4 cm³/mol. The second kappa shape index (κ2) is 5.88. The Morgan fingerprint density at radius 3 is 2.95 bits per heavy atom. The zero-order chi connectivity index (χ0) is 15.7. The Bertz CT molecular complexity index is 835. The van der Waals surface area contributed by atoms with Gasteiger partial charge in [0.15, 0.2) is 5.69 Å². The number of fused-ring (bicyclic) bond motifs is 1. The van der Waals surface area contributed by atoms with Crippen LogP contribution in [0.15, 0.2) is 24.3 Å². The molecule has 0 spiro atoms. The summed E-state index contributed by atoms with van der Waals surface area (Å²) in [6.45, 7) is 6.66. The van der Waals surface area contributed by atoms with Gasteiger partial charge in [-0.2, -0.15) is 5.10 Å². The van der Waals surface area contributed by atoms with Crippen LogP contribution in [-0.2, 0) is 11.3 Å². The number of rotatable bonds is 4. The molecule has 2 heterocycles. The van der Waals surface area contributed by atoms with Crippen molar-refractivity contribution < 1.29 is 9.53 Å². The van der Waals surface area contributed by atoms with Crippen LogP contribution in [0.5, 0.6) is 0 Å². The average Bonchev–Trinajstić information content (AvgIpc) is 3.03. The first-order valence-corrected chi connectivity index (χ1v) is 7.96. The van der Waals surface area contributed by atoms with Gasteiger partial charge < -0.3 is 4.74 Å². The molecule has 0 amide bonds. The number of carbonyl (C=O) groups is 1. The van der Waals surface area contributed by atoms with Gasteiger partial charge in [0, 0.05) is 11.3 Å². The van der Waals surface area contributed by atoms with E-state index >= 15 is 0 Å². The van der Waals surface area contributed by atoms with Gasteiger partial charge in [0.1, 0.15) is 0 Å². The molecule has 3 aromatic rings. The minimum atomic E-state index is -0.382. The largest absolute Gasteiger partial charge is 0.461 e. The summed E-state index contributed by atoms with van der Waals surface area (Å²) >= 11 is 1.68. The van der Waals surface area contributed by atoms with E-state index in [9.17, 15) is 4.79 Å². The van der Waals surface area contributed by atoms with Crippen molar-refractivity contribution in [2.45, 2.75) is 27.3 Å². The van der Waals surface area contributed by atoms with Gasteiger partial charge in [0.25, 0.3) is 0 Å². The molecule has 0 atom stereocenters. The van der Waals surface area contributed by atoms with Crippen LogP contribution in [0.25, 0.3) is 10.2 Å². The number of esters is 1. The first-order valence-electron chi connectivity index (χ1n) is 7.15. The summed E-state index contributed by atoms with van der Waals surface area (Å²) in [4.78, 5) is 16.4. The number of thiazole rings is 1. The van der Waals surface area contributed by atoms with E-state index in [1.54, 1.807) is 24.3 Å². The first kappa shape index (κ1) is 14.7. The summed E-state index contributed by atoms with van der Waals surface area (Å²) in [5.74, 6) is -0.382. The normalized spacial score (nSPS) is 11.0. The van der Waals surface area contributed by atoms with Crippen LogP contribution in [0.2, 0.25) is 0 Å². The van der Waals surface area contributed by atoms with E-state index in [0.29, 0.717) is 18.8 Å². The van der Waals surface area contributed by atoms with Gasteiger partial charge >= 0.3 is 5.97 Å². The van der Waals surface area contributed by atoms with Gasteiger partial charge in [-0.05, 0) is 32.9 Å². The molecular formula is C16H17N3O2S. The number of hydrogen-bond donors (Lipinski definition) is 0. The zero-order valence-electron chi connectivity index (χ0n) is 12.8. The van der Waals surface area contributed by atoms with Crippen molar-refractivity contribution in [2.24, 2.45) is 0 Å². The molecule has 0 radical (unpaired) electrons. The highest BCUT2D eigenvalue weighted by atomic mass is 32.1. The lowest BCUT2D eigenvalue weighted by atomic mass is 10.2. The summed E-state index contributed by atoms with van der Waals surface area (Å²) in [6.07, 6.45) is 0. The molecule has 1 aromatic carbocycles. The van der Waals surface area contributed by atoms with Crippen molar-refractivity contribution in [2.75, 3.05) is 6.61 Å². The quantitative estimate of drug-likeness (QED) is 0.693. The van der Waals surface area contributed by atoms with Crippen LogP contribution < -0.4 is 0 Å². The van der Waals surface area contributed by atoms with Gasteiger partial charge in [-0.1, -0.05) is 12.1 Å². The molecular weight excluding hydrogens is 298 g/mol. The van der Waals surface area contributed by atoms with Crippen LogP contribution >= 0.6 is 11.3 Å². The van der Waals surface area contributed by atoms with E-state index in [4.69, 9.17) is 4.74 Å². The molecule has 114 valence electrons. The Labute approximate surface area is 132 Å². The van der Waals surface area contributed by atoms with E-state index in [2.05, 4.69) is 16.1 Å². The second-order valence-electron chi connectivity index (χ2n) is 5.05. The Morgan fingerprint density at radius 1 is 1.36 bits per heavy atom. The van der Waals surface area contributed by atoms with E-state index < -0.39 is 0 Å². The first-order chi connectivity index (χ1) is 10.6. The number of benzene rings is 1. The number of para-hydroxylation sites is 1. The summed E-state index contributed by atoms with van der Waals surface area (Å²) < 4.78 is 7.98. The Morgan fingerprint density at radius 2 is 2.18 bits per heavy atom. The number of nitrogens with zero attached hydrogens (tertiary/aromatic N) is 3. The fraction of sp³-hybridized carbons (Fsp3) is 0.312. The lowest BCUT2D eigenvalue weighted by molar-refractivity contribution is 0.0518. The minimum Gasteiger partial charge on any atom is -0.461 e. The van der Waals surface area contributed by atoms with Crippen molar-refractivity contribution >= 4 is 27.5 Å². The molecule has 0 bridgehead atoms. The smallest absolute Gasteiger partial charge is 0.358 e. The lowest BCUT2D eigenvalue weighted by Crippen LogP contribution is -2.08. The highest BCUT2D eigenvalue weighted by molar-refractivity contribution is 7.18. The number of hydrogen-bond acceptors (Lipinski definition) is 5. The third kappa shape index (κ3) is 2.74. The van der Waals surface area contributed by atoms with Crippen LogP contribution in [0.3, 0.4) is 0 Å². The topological polar surface area (TPSA) is 57.0 Å². The monoisotopic (exact) mass is 315 g/mol. The van der Waals surface area contributed by atoms with Gasteiger partial charge in [-0.3, -0.25) is 4.68 Å². The summed E-state index contributed by atoms with van der Waals surface area (Å²) in [7, 11) is 0. The molecule has 5 nitrogen and oxygen atoms in total. The van der Waals surface area contributed by atoms with Crippen molar-refractivity contribution in [1.29, 1.82) is 0 Å². The maximum Gasteiger partial charge on any atom is 0.358 e. The van der Waals surface area contributed by atoms with E-state index in [0.717, 1.165) is 21.8 Å². The summed E-state index contributed by atoms with van der Waals surface area (Å²) in [6, 6.07) is 7.90. The Hall–Kier alpha value is -2.21. The zero-order valence-corrected chi connectivity index (χ0v) is 13.6. The van der Waals surface area contributed by atoms with Crippen molar-refractivity contribution in [3.05, 3.63) is 46.2 Å². The van der Waals surface area contributed by atoms with Crippen LogP contribution in [-0.4, -0.2) is 27.3 Å². The second-order valence-corrected chi connectivity index (χ2v) is 6.28. The molecule has 0 N–H and O–H groups in total. The lowest BCUT2D eigenvalue weighted by Gasteiger charge is -2.05. The number of carbonyl (C=O) groups excluding carboxylic acids is 1. The fourth-order valence-electron chi connectivity index (χ4n) is 2.38. The molecule has 2 aromatic heterocycles. The molecule has 0 aliphatic carbocycles. The van der Waals surface area contributed by atoms with Crippen LogP contribution in [0.1, 0.15) is 33.7 Å². The third-order valence-corrected chi connectivity index (χ3v) is 4.33. The number of ether oxygens (including phenoxy) is 1. The Balaban J connectivity index is 1.93. The van der Waals surface area contributed by atoms with Gasteiger partial charge in [-0.15, -0.1) is 11.3 Å². The molecule has 0 aliphatic heterocycles. The van der Waals surface area contributed by atoms with Gasteiger partial charge in [0.05, 0.1) is 28.4 Å². The van der Waals surface area contributed by atoms with E-state index in [-0.39, 0.29) is 5.97 Å². The van der Waals surface area contributed by atoms with Crippen LogP contribution in [0.4, 0.5) is 0 Å². The van der Waals surface area contributed by atoms with E-state index in [1.807, 2.05) is 30.7 Å². The number of aryl methyl sites for hydroxylation is 2. The highest BCUT2D eigenvalue weighted by Crippen LogP contribution is 2.25. The molecule has 0 saturated carbocycles. The maximum absolute atomic E-state index is 11.8. The molecule has 0 aliphatic rings. The maximum atomic E-state index is 11.8. The fourth-order valence-corrected chi connectivity index (χ4v) is 3.26. The molecule has 6 heteroatoms. The molecule has 0 fully saturated rings. The van der Waals surface area contributed by atoms with Crippen molar-refractivity contribution in [3.8, 4) is 0 Å². The standard InChI is InChI=1S/C16H17N3O2S/c1-4-21-16(20)13-8-10(2)19(18-13)9-12-6-5-7-14-15(12)17-11(3)22-14/h5-8H,4,9H2,1-3H3. The van der Waals surface area contributed by atoms with E-state index in [1.165, 1.54) is 4.70 Å². The average molecular weight is 315 g/mol. The number of aromatic nitrogens is 3. The summed E-state index contributed by atoms with van der Waals surface area (Å²) in [5.41, 5.74) is 3.38. The molecule has 3 rings (SSSR count). The predicted octanol–water partition coefficient (Wildman–Crippen LogP) is 3.33. The van der Waals surface area contributed by atoms with Crippen LogP contribution in [0, 0.1) is 13.8 Å². The third-order valence-electron chi connectivity index (χ3n) is 3.40. The molecule has 22 heavy (non-hydrogen) atoms. The minimum absolute atomic E-state index is 0.348. The summed E-state index contributed by atoms with van der Waals surface area (Å²) in [5, 5.41) is 5.40. The van der Waals surface area contributed by atoms with Gasteiger partial charge in [0.2, 0.25) is 0 Å². The SMILES string of the molecule is CCOC(=O)c1cc(C)n(Cc2cccc3sc(C)nc23)n1. The van der Waals surface area contributed by atoms with Crippen molar-refractivity contribution in [3.63, 3.8) is 0 Å².